The summed E-state index contributed by atoms with van der Waals surface area (Å²) < 4.78 is 0. The molecule has 1 aliphatic heterocycles. The quantitative estimate of drug-likeness (QED) is 0.813. The van der Waals surface area contributed by atoms with Crippen LogP contribution in [0.3, 0.4) is 0 Å². The van der Waals surface area contributed by atoms with Crippen LogP contribution in [0.25, 0.3) is 0 Å². The molecule has 1 heterocycles. The van der Waals surface area contributed by atoms with E-state index in [0.29, 0.717) is 5.02 Å². The summed E-state index contributed by atoms with van der Waals surface area (Å²) in [5, 5.41) is 12.8. The van der Waals surface area contributed by atoms with Gasteiger partial charge in [-0.15, -0.1) is 11.8 Å². The lowest BCUT2D eigenvalue weighted by atomic mass is 9.96. The second kappa shape index (κ2) is 4.65. The molecule has 0 aromatic heterocycles. The first-order valence-corrected chi connectivity index (χ1v) is 6.24. The number of benzene rings is 1. The van der Waals surface area contributed by atoms with Crippen LogP contribution < -0.4 is 5.32 Å². The van der Waals surface area contributed by atoms with E-state index in [1.165, 1.54) is 11.8 Å². The van der Waals surface area contributed by atoms with Gasteiger partial charge in [-0.3, -0.25) is 4.79 Å². The number of amides is 1. The summed E-state index contributed by atoms with van der Waals surface area (Å²) in [7, 11) is 0. The van der Waals surface area contributed by atoms with Crippen molar-refractivity contribution < 1.29 is 9.90 Å². The van der Waals surface area contributed by atoms with Crippen LogP contribution in [0.15, 0.2) is 29.2 Å². The normalized spacial score (nSPS) is 25.8. The van der Waals surface area contributed by atoms with Crippen LogP contribution in [0.1, 0.15) is 6.92 Å². The fraction of sp³-hybridized carbons (Fsp3) is 0.364. The minimum atomic E-state index is -0.612. The van der Waals surface area contributed by atoms with E-state index < -0.39 is 6.10 Å². The number of halogens is 1. The van der Waals surface area contributed by atoms with Crippen molar-refractivity contribution in [2.24, 2.45) is 5.92 Å². The highest BCUT2D eigenvalue weighted by Gasteiger charge is 2.42. The Hall–Kier alpha value is -0.710. The molecule has 1 aliphatic rings. The Balaban J connectivity index is 2.00. The van der Waals surface area contributed by atoms with Crippen molar-refractivity contribution in [2.45, 2.75) is 23.3 Å². The highest BCUT2D eigenvalue weighted by atomic mass is 35.5. The highest BCUT2D eigenvalue weighted by Crippen LogP contribution is 2.34. The SMILES string of the molecule is C[C@H](O)[C@H]1C(=O)N[C@@H]1Sc1ccc(Cl)cc1. The molecule has 1 fully saturated rings. The summed E-state index contributed by atoms with van der Waals surface area (Å²) in [6, 6.07) is 7.41. The van der Waals surface area contributed by atoms with Crippen molar-refractivity contribution in [3.63, 3.8) is 0 Å². The average Bonchev–Trinajstić information content (AvgIpc) is 2.19. The minimum absolute atomic E-state index is 0.0475. The molecule has 2 N–H and O–H groups in total. The van der Waals surface area contributed by atoms with Crippen LogP contribution >= 0.6 is 23.4 Å². The molecule has 1 saturated heterocycles. The maximum atomic E-state index is 11.2. The average molecular weight is 258 g/mol. The highest BCUT2D eigenvalue weighted by molar-refractivity contribution is 8.00. The monoisotopic (exact) mass is 257 g/mol. The lowest BCUT2D eigenvalue weighted by molar-refractivity contribution is -0.136. The summed E-state index contributed by atoms with van der Waals surface area (Å²) in [5.74, 6) is -0.401. The van der Waals surface area contributed by atoms with Gasteiger partial charge in [-0.2, -0.15) is 0 Å². The van der Waals surface area contributed by atoms with Crippen molar-refractivity contribution >= 4 is 29.3 Å². The molecular formula is C11H12ClNO2S. The van der Waals surface area contributed by atoms with Crippen LogP contribution in [-0.4, -0.2) is 22.5 Å². The maximum Gasteiger partial charge on any atom is 0.229 e. The second-order valence-electron chi connectivity index (χ2n) is 3.77. The standard InChI is InChI=1S/C11H12ClNO2S/c1-6(14)9-10(15)13-11(9)16-8-4-2-7(12)3-5-8/h2-6,9,11,14H,1H3,(H,13,15)/t6-,9-,11+/m0/s1. The molecule has 1 amide bonds. The van der Waals surface area contributed by atoms with Gasteiger partial charge in [-0.05, 0) is 31.2 Å². The van der Waals surface area contributed by atoms with Gasteiger partial charge in [-0.25, -0.2) is 0 Å². The van der Waals surface area contributed by atoms with Crippen LogP contribution in [0, 0.1) is 5.92 Å². The maximum absolute atomic E-state index is 11.2. The first kappa shape index (κ1) is 11.8. The van der Waals surface area contributed by atoms with E-state index >= 15 is 0 Å². The Kier molecular flexibility index (Phi) is 3.42. The number of aliphatic hydroxyl groups is 1. The zero-order chi connectivity index (χ0) is 11.7. The molecule has 0 bridgehead atoms. The summed E-state index contributed by atoms with van der Waals surface area (Å²) in [5.41, 5.74) is 0. The van der Waals surface area contributed by atoms with Crippen molar-refractivity contribution in [1.82, 2.24) is 5.32 Å². The van der Waals surface area contributed by atoms with Gasteiger partial charge in [0.2, 0.25) is 5.91 Å². The summed E-state index contributed by atoms with van der Waals surface area (Å²) >= 11 is 7.31. The molecule has 0 saturated carbocycles. The number of carbonyl (C=O) groups is 1. The fourth-order valence-electron chi connectivity index (χ4n) is 1.60. The molecule has 3 atom stereocenters. The Morgan fingerprint density at radius 1 is 1.44 bits per heavy atom. The van der Waals surface area contributed by atoms with Gasteiger partial charge in [0.05, 0.1) is 17.4 Å². The number of carbonyl (C=O) groups excluding carboxylic acids is 1. The van der Waals surface area contributed by atoms with Gasteiger partial charge < -0.3 is 10.4 Å². The summed E-state index contributed by atoms with van der Waals surface area (Å²) in [6.07, 6.45) is -0.612. The van der Waals surface area contributed by atoms with E-state index in [1.807, 2.05) is 24.3 Å². The van der Waals surface area contributed by atoms with Crippen molar-refractivity contribution in [3.05, 3.63) is 29.3 Å². The van der Waals surface area contributed by atoms with Crippen LogP contribution in [0.5, 0.6) is 0 Å². The van der Waals surface area contributed by atoms with Crippen molar-refractivity contribution in [3.8, 4) is 0 Å². The third-order valence-electron chi connectivity index (χ3n) is 2.51. The van der Waals surface area contributed by atoms with E-state index in [2.05, 4.69) is 5.32 Å². The minimum Gasteiger partial charge on any atom is -0.392 e. The largest absolute Gasteiger partial charge is 0.392 e. The number of β-lactam (4-membered cyclic amide) rings is 1. The van der Waals surface area contributed by atoms with E-state index in [-0.39, 0.29) is 17.2 Å². The molecule has 3 nitrogen and oxygen atoms in total. The first-order valence-electron chi connectivity index (χ1n) is 4.98. The number of nitrogens with one attached hydrogen (secondary N) is 1. The predicted octanol–water partition coefficient (Wildman–Crippen LogP) is 1.88. The van der Waals surface area contributed by atoms with Gasteiger partial charge in [-0.1, -0.05) is 11.6 Å². The number of aliphatic hydroxyl groups excluding tert-OH is 1. The molecule has 1 aromatic rings. The fourth-order valence-corrected chi connectivity index (χ4v) is 2.99. The molecule has 0 radical (unpaired) electrons. The van der Waals surface area contributed by atoms with E-state index in [0.717, 1.165) is 4.90 Å². The molecule has 0 unspecified atom stereocenters. The molecule has 16 heavy (non-hydrogen) atoms. The Bertz CT molecular complexity index is 393. The zero-order valence-corrected chi connectivity index (χ0v) is 10.3. The molecule has 2 rings (SSSR count). The second-order valence-corrected chi connectivity index (χ2v) is 5.42. The zero-order valence-electron chi connectivity index (χ0n) is 8.68. The van der Waals surface area contributed by atoms with E-state index in [4.69, 9.17) is 11.6 Å². The molecule has 0 spiro atoms. The third kappa shape index (κ3) is 2.34. The topological polar surface area (TPSA) is 49.3 Å². The van der Waals surface area contributed by atoms with Crippen molar-refractivity contribution in [2.75, 3.05) is 0 Å². The summed E-state index contributed by atoms with van der Waals surface area (Å²) in [6.45, 7) is 1.64. The number of thioether (sulfide) groups is 1. The summed E-state index contributed by atoms with van der Waals surface area (Å²) in [4.78, 5) is 12.2. The van der Waals surface area contributed by atoms with Crippen LogP contribution in [0.4, 0.5) is 0 Å². The molecular weight excluding hydrogens is 246 g/mol. The number of hydrogen-bond acceptors (Lipinski definition) is 3. The Labute approximate surface area is 103 Å². The predicted molar refractivity (Wildman–Crippen MR) is 64.4 cm³/mol. The molecule has 5 heteroatoms. The van der Waals surface area contributed by atoms with Gasteiger partial charge in [0.1, 0.15) is 0 Å². The van der Waals surface area contributed by atoms with E-state index in [9.17, 15) is 9.90 Å². The Morgan fingerprint density at radius 3 is 2.56 bits per heavy atom. The smallest absolute Gasteiger partial charge is 0.229 e. The van der Waals surface area contributed by atoms with Gasteiger partial charge in [0, 0.05) is 9.92 Å². The number of rotatable bonds is 3. The molecule has 1 aromatic carbocycles. The molecule has 86 valence electrons. The third-order valence-corrected chi connectivity index (χ3v) is 3.97. The number of hydrogen-bond donors (Lipinski definition) is 2. The Morgan fingerprint density at radius 2 is 2.06 bits per heavy atom. The van der Waals surface area contributed by atoms with Crippen molar-refractivity contribution in [1.29, 1.82) is 0 Å². The molecule has 0 aliphatic carbocycles. The van der Waals surface area contributed by atoms with Crippen LogP contribution in [0.2, 0.25) is 5.02 Å². The first-order chi connectivity index (χ1) is 7.58. The van der Waals surface area contributed by atoms with Gasteiger partial charge >= 0.3 is 0 Å². The van der Waals surface area contributed by atoms with Crippen LogP contribution in [-0.2, 0) is 4.79 Å². The van der Waals surface area contributed by atoms with E-state index in [1.54, 1.807) is 6.92 Å². The van der Waals surface area contributed by atoms with Gasteiger partial charge in [0.15, 0.2) is 0 Å². The lowest BCUT2D eigenvalue weighted by Gasteiger charge is -2.37. The van der Waals surface area contributed by atoms with Gasteiger partial charge in [0.25, 0.3) is 0 Å². The lowest BCUT2D eigenvalue weighted by Crippen LogP contribution is -2.60.